The summed E-state index contributed by atoms with van der Waals surface area (Å²) in [4.78, 5) is 5.38. The number of nitriles is 1. The van der Waals surface area contributed by atoms with Crippen molar-refractivity contribution in [3.8, 4) is 17.2 Å². The molecule has 0 atom stereocenters. The first-order chi connectivity index (χ1) is 24.5. The Hall–Kier alpha value is -6.22. The smallest absolute Gasteiger partial charge is 0.205 e. The van der Waals surface area contributed by atoms with Gasteiger partial charge in [-0.25, -0.2) is 0 Å². The summed E-state index contributed by atoms with van der Waals surface area (Å²) in [6.45, 7) is 0. The molecule has 0 amide bonds. The number of allylic oxidation sites excluding steroid dienone is 5. The van der Waals surface area contributed by atoms with Crippen LogP contribution in [0.4, 0.5) is 27.8 Å². The third kappa shape index (κ3) is 6.45. The van der Waals surface area contributed by atoms with Crippen LogP contribution >= 0.6 is 11.3 Å². The number of nitrogens with zero attached hydrogens (tertiary/aromatic N) is 4. The van der Waals surface area contributed by atoms with Gasteiger partial charge in [0, 0.05) is 71.5 Å². The van der Waals surface area contributed by atoms with Gasteiger partial charge in [0.05, 0.1) is 5.56 Å². The predicted molar refractivity (Wildman–Crippen MR) is 212 cm³/mol. The molecule has 0 saturated heterocycles. The molecule has 0 aliphatic heterocycles. The van der Waals surface area contributed by atoms with E-state index < -0.39 is 0 Å². The van der Waals surface area contributed by atoms with Crippen molar-refractivity contribution in [2.75, 3.05) is 30.9 Å². The van der Waals surface area contributed by atoms with Crippen LogP contribution in [0.2, 0.25) is 0 Å². The minimum Gasteiger partial charge on any atom is -0.345 e. The number of rotatable bonds is 8. The number of anilines is 4. The van der Waals surface area contributed by atoms with Crippen LogP contribution in [0.5, 0.6) is 0 Å². The molecule has 0 fully saturated rings. The first kappa shape index (κ1) is 32.3. The Bertz CT molecular complexity index is 2260. The van der Waals surface area contributed by atoms with E-state index in [1.165, 1.54) is 0 Å². The van der Waals surface area contributed by atoms with Gasteiger partial charge in [0.2, 0.25) is 11.4 Å². The molecule has 242 valence electrons. The largest absolute Gasteiger partial charge is 0.345 e. The van der Waals surface area contributed by atoms with Crippen molar-refractivity contribution in [1.82, 2.24) is 0 Å². The molecule has 1 heterocycles. The van der Waals surface area contributed by atoms with Gasteiger partial charge >= 0.3 is 0 Å². The number of thiophene rings is 1. The maximum absolute atomic E-state index is 10.8. The van der Waals surface area contributed by atoms with Gasteiger partial charge in [-0.3, -0.25) is 0 Å². The van der Waals surface area contributed by atoms with Crippen molar-refractivity contribution < 1.29 is 4.58 Å². The second-order valence-electron chi connectivity index (χ2n) is 12.1. The molecular formula is C45H37N4S+. The van der Waals surface area contributed by atoms with Crippen LogP contribution in [-0.4, -0.2) is 31.4 Å². The molecule has 0 radical (unpaired) electrons. The number of benzene rings is 5. The highest BCUT2D eigenvalue weighted by molar-refractivity contribution is 7.18. The fourth-order valence-corrected chi connectivity index (χ4v) is 7.66. The van der Waals surface area contributed by atoms with Crippen molar-refractivity contribution in [2.45, 2.75) is 0 Å². The van der Waals surface area contributed by atoms with E-state index in [1.54, 1.807) is 11.3 Å². The second kappa shape index (κ2) is 14.5. The highest BCUT2D eigenvalue weighted by Crippen LogP contribution is 2.49. The van der Waals surface area contributed by atoms with Gasteiger partial charge in [0.25, 0.3) is 0 Å². The first-order valence-electron chi connectivity index (χ1n) is 16.6. The number of para-hydroxylation sites is 3. The minimum absolute atomic E-state index is 0.668. The highest BCUT2D eigenvalue weighted by atomic mass is 32.1. The molecule has 1 aliphatic rings. The third-order valence-corrected chi connectivity index (χ3v) is 10.4. The molecule has 0 N–H and O–H groups in total. The first-order valence-corrected chi connectivity index (χ1v) is 17.4. The van der Waals surface area contributed by atoms with Gasteiger partial charge in [0.1, 0.15) is 18.1 Å². The van der Waals surface area contributed by atoms with E-state index in [0.717, 1.165) is 66.2 Å². The van der Waals surface area contributed by atoms with E-state index in [9.17, 15) is 5.26 Å². The topological polar surface area (TPSA) is 33.3 Å². The molecular weight excluding hydrogens is 629 g/mol. The number of hydrogen-bond donors (Lipinski definition) is 0. The summed E-state index contributed by atoms with van der Waals surface area (Å²) in [7, 11) is 6.23. The molecule has 0 saturated carbocycles. The van der Waals surface area contributed by atoms with E-state index in [0.29, 0.717) is 5.56 Å². The summed E-state index contributed by atoms with van der Waals surface area (Å²) < 4.78 is 2.19. The van der Waals surface area contributed by atoms with Crippen molar-refractivity contribution in [3.05, 3.63) is 191 Å². The zero-order valence-electron chi connectivity index (χ0n) is 28.4. The number of hydrogen-bond acceptors (Lipinski definition) is 4. The van der Waals surface area contributed by atoms with Gasteiger partial charge in [0.15, 0.2) is 0 Å². The average molecular weight is 666 g/mol. The lowest BCUT2D eigenvalue weighted by Crippen LogP contribution is -2.10. The summed E-state index contributed by atoms with van der Waals surface area (Å²) in [5, 5.41) is 11.7. The molecule has 7 rings (SSSR count). The van der Waals surface area contributed by atoms with Crippen molar-refractivity contribution in [2.24, 2.45) is 0 Å². The van der Waals surface area contributed by atoms with Gasteiger partial charge in [-0.1, -0.05) is 97.1 Å². The van der Waals surface area contributed by atoms with Crippen molar-refractivity contribution >= 4 is 50.4 Å². The summed E-state index contributed by atoms with van der Waals surface area (Å²) >= 11 is 1.67. The highest BCUT2D eigenvalue weighted by Gasteiger charge is 2.27. The Labute approximate surface area is 298 Å². The Balaban J connectivity index is 1.43. The van der Waals surface area contributed by atoms with Crippen LogP contribution in [0.15, 0.2) is 175 Å². The van der Waals surface area contributed by atoms with E-state index in [4.69, 9.17) is 0 Å². The van der Waals surface area contributed by atoms with Crippen molar-refractivity contribution in [3.63, 3.8) is 0 Å². The SMILES string of the molecule is CN(c1ccccc1)c1ccc(C(=C2C=CC(=[N+](C)c3ccccc3)C=C2)c2sc(N(C)c3ccccc3)c(C#N)c2-c2ccccc2)cc1. The molecule has 0 bridgehead atoms. The monoisotopic (exact) mass is 665 g/mol. The van der Waals surface area contributed by atoms with Crippen LogP contribution < -0.4 is 9.80 Å². The zero-order valence-corrected chi connectivity index (χ0v) is 29.2. The molecule has 4 nitrogen and oxygen atoms in total. The summed E-state index contributed by atoms with van der Waals surface area (Å²) in [5.41, 5.74) is 11.3. The molecule has 6 aromatic rings. The quantitative estimate of drug-likeness (QED) is 0.152. The van der Waals surface area contributed by atoms with Crippen molar-refractivity contribution in [1.29, 1.82) is 5.26 Å². The van der Waals surface area contributed by atoms with Gasteiger partial charge in [-0.2, -0.15) is 9.84 Å². The Morgan fingerprint density at radius 1 is 0.600 bits per heavy atom. The molecule has 5 aromatic carbocycles. The summed E-state index contributed by atoms with van der Waals surface area (Å²) in [5.74, 6) is 0. The molecule has 50 heavy (non-hydrogen) atoms. The minimum atomic E-state index is 0.668. The molecule has 1 aromatic heterocycles. The van der Waals surface area contributed by atoms with E-state index in [2.05, 4.69) is 156 Å². The Morgan fingerprint density at radius 3 is 1.66 bits per heavy atom. The van der Waals surface area contributed by atoms with Gasteiger partial charge in [-0.05, 0) is 65.3 Å². The van der Waals surface area contributed by atoms with E-state index >= 15 is 0 Å². The fourth-order valence-electron chi connectivity index (χ4n) is 6.32. The zero-order chi connectivity index (χ0) is 34.5. The molecule has 0 spiro atoms. The maximum Gasteiger partial charge on any atom is 0.205 e. The van der Waals surface area contributed by atoms with Gasteiger partial charge < -0.3 is 9.80 Å². The van der Waals surface area contributed by atoms with Crippen LogP contribution in [0, 0.1) is 11.3 Å². The lowest BCUT2D eigenvalue weighted by molar-refractivity contribution is -0.403. The molecule has 0 unspecified atom stereocenters. The van der Waals surface area contributed by atoms with Crippen LogP contribution in [0.1, 0.15) is 16.0 Å². The Kier molecular flexibility index (Phi) is 9.37. The normalized spacial score (nSPS) is 12.0. The van der Waals surface area contributed by atoms with Crippen LogP contribution in [-0.2, 0) is 0 Å². The molecule has 1 aliphatic carbocycles. The lowest BCUT2D eigenvalue weighted by atomic mass is 9.90. The average Bonchev–Trinajstić information content (AvgIpc) is 3.58. The maximum atomic E-state index is 10.8. The fraction of sp³-hybridized carbons (Fsp3) is 0.0667. The van der Waals surface area contributed by atoms with Crippen LogP contribution in [0.3, 0.4) is 0 Å². The predicted octanol–water partition coefficient (Wildman–Crippen LogP) is 11.2. The second-order valence-corrected chi connectivity index (χ2v) is 13.1. The summed E-state index contributed by atoms with van der Waals surface area (Å²) in [6.07, 6.45) is 8.76. The lowest BCUT2D eigenvalue weighted by Gasteiger charge is -2.20. The third-order valence-electron chi connectivity index (χ3n) is 9.11. The van der Waals surface area contributed by atoms with E-state index in [-0.39, 0.29) is 0 Å². The van der Waals surface area contributed by atoms with Crippen LogP contribution in [0.25, 0.3) is 16.7 Å². The standard InChI is InChI=1S/C45H37N4S/c1-47(36-18-10-5-11-19-36)39-28-24-34(25-29-39)42(35-26-30-40(31-27-35)48(2)37-20-12-6-13-21-37)44-43(33-16-8-4-9-17-33)41(32-46)45(50-44)49(3)38-22-14-7-15-23-38/h4-31H,1-3H3/q+1. The van der Waals surface area contributed by atoms with E-state index in [1.807, 2.05) is 55.6 Å². The Morgan fingerprint density at radius 2 is 1.10 bits per heavy atom. The molecule has 5 heteroatoms. The summed E-state index contributed by atoms with van der Waals surface area (Å²) in [6, 6.07) is 52.7. The van der Waals surface area contributed by atoms with Gasteiger partial charge in [-0.15, -0.1) is 11.3 Å².